The van der Waals surface area contributed by atoms with Crippen LogP contribution in [-0.2, 0) is 7.05 Å². The molecule has 2 aromatic rings. The van der Waals surface area contributed by atoms with Crippen LogP contribution in [0.3, 0.4) is 0 Å². The Bertz CT molecular complexity index is 610. The maximum absolute atomic E-state index is 11.9. The number of anilines is 1. The summed E-state index contributed by atoms with van der Waals surface area (Å²) < 4.78 is 6.72. The number of carbonyl (C=O) groups is 1. The van der Waals surface area contributed by atoms with Gasteiger partial charge in [0.2, 0.25) is 0 Å². The molecule has 1 amide bonds. The van der Waals surface area contributed by atoms with Crippen LogP contribution in [-0.4, -0.2) is 46.2 Å². The van der Waals surface area contributed by atoms with E-state index in [-0.39, 0.29) is 5.91 Å². The van der Waals surface area contributed by atoms with Crippen molar-refractivity contribution < 1.29 is 14.6 Å². The molecule has 1 heterocycles. The highest BCUT2D eigenvalue weighted by molar-refractivity contribution is 5.93. The Morgan fingerprint density at radius 3 is 2.67 bits per heavy atom. The molecule has 0 aliphatic heterocycles. The summed E-state index contributed by atoms with van der Waals surface area (Å²) in [5, 5.41) is 16.6. The smallest absolute Gasteiger partial charge is 0.280 e. The number of aromatic nitrogens is 2. The molecule has 1 unspecified atom stereocenters. The maximum Gasteiger partial charge on any atom is 0.280 e. The summed E-state index contributed by atoms with van der Waals surface area (Å²) in [6, 6.07) is 10.5. The topological polar surface area (TPSA) is 79.6 Å². The Kier molecular flexibility index (Phi) is 4.44. The molecule has 7 heteroatoms. The zero-order valence-corrected chi connectivity index (χ0v) is 12.1. The third-order valence-electron chi connectivity index (χ3n) is 2.77. The molecule has 0 saturated carbocycles. The third kappa shape index (κ3) is 3.73. The van der Waals surface area contributed by atoms with Crippen LogP contribution in [0.4, 0.5) is 5.82 Å². The number of aliphatic hydroxyl groups excluding tert-OH is 1. The summed E-state index contributed by atoms with van der Waals surface area (Å²) in [6.45, 7) is 0. The number of aryl methyl sites for hydroxylation is 1. The van der Waals surface area contributed by atoms with E-state index in [1.165, 1.54) is 9.58 Å². The minimum atomic E-state index is -1.26. The molecule has 21 heavy (non-hydrogen) atoms. The zero-order chi connectivity index (χ0) is 15.4. The first kappa shape index (κ1) is 14.9. The first-order valence-corrected chi connectivity index (χ1v) is 6.39. The maximum atomic E-state index is 11.9. The average Bonchev–Trinajstić information content (AvgIpc) is 2.79. The van der Waals surface area contributed by atoms with Crippen LogP contribution >= 0.6 is 0 Å². The van der Waals surface area contributed by atoms with Crippen LogP contribution in [0.25, 0.3) is 0 Å². The van der Waals surface area contributed by atoms with Crippen molar-refractivity contribution in [2.24, 2.45) is 7.05 Å². The Labute approximate surface area is 122 Å². The van der Waals surface area contributed by atoms with Gasteiger partial charge in [0.05, 0.1) is 0 Å². The first-order chi connectivity index (χ1) is 9.97. The Morgan fingerprint density at radius 1 is 1.38 bits per heavy atom. The van der Waals surface area contributed by atoms with Gasteiger partial charge in [-0.3, -0.25) is 9.48 Å². The van der Waals surface area contributed by atoms with Gasteiger partial charge in [0.15, 0.2) is 5.82 Å². The highest BCUT2D eigenvalue weighted by Gasteiger charge is 2.16. The van der Waals surface area contributed by atoms with E-state index in [1.54, 1.807) is 51.5 Å². The highest BCUT2D eigenvalue weighted by Crippen LogP contribution is 2.14. The number of benzene rings is 1. The number of rotatable bonds is 5. The second-order valence-corrected chi connectivity index (χ2v) is 4.67. The van der Waals surface area contributed by atoms with Crippen LogP contribution in [0, 0.1) is 0 Å². The predicted molar refractivity (Wildman–Crippen MR) is 77.9 cm³/mol. The SMILES string of the molecule is CN(C)C(=O)c1cc(NC(O)Oc2ccccc2)nn1C. The van der Waals surface area contributed by atoms with Crippen molar-refractivity contribution in [3.8, 4) is 5.75 Å². The van der Waals surface area contributed by atoms with Gasteiger partial charge in [-0.05, 0) is 12.1 Å². The second kappa shape index (κ2) is 6.27. The Balaban J connectivity index is 2.03. The van der Waals surface area contributed by atoms with Gasteiger partial charge in [0.1, 0.15) is 11.4 Å². The van der Waals surface area contributed by atoms with E-state index in [2.05, 4.69) is 10.4 Å². The summed E-state index contributed by atoms with van der Waals surface area (Å²) in [4.78, 5) is 13.4. The highest BCUT2D eigenvalue weighted by atomic mass is 16.6. The lowest BCUT2D eigenvalue weighted by molar-refractivity contribution is 0.00739. The molecule has 0 radical (unpaired) electrons. The van der Waals surface area contributed by atoms with Crippen molar-refractivity contribution in [2.45, 2.75) is 6.41 Å². The van der Waals surface area contributed by atoms with Crippen molar-refractivity contribution in [2.75, 3.05) is 19.4 Å². The van der Waals surface area contributed by atoms with Gasteiger partial charge in [-0.15, -0.1) is 0 Å². The molecule has 0 spiro atoms. The molecule has 1 aromatic carbocycles. The van der Waals surface area contributed by atoms with Crippen molar-refractivity contribution in [3.63, 3.8) is 0 Å². The van der Waals surface area contributed by atoms with Gasteiger partial charge in [-0.1, -0.05) is 18.2 Å². The number of ether oxygens (including phenoxy) is 1. The van der Waals surface area contributed by atoms with E-state index in [9.17, 15) is 9.90 Å². The van der Waals surface area contributed by atoms with Crippen LogP contribution in [0.5, 0.6) is 5.75 Å². The quantitative estimate of drug-likeness (QED) is 0.799. The largest absolute Gasteiger partial charge is 0.447 e. The summed E-state index contributed by atoms with van der Waals surface area (Å²) >= 11 is 0. The van der Waals surface area contributed by atoms with Crippen LogP contribution in [0.15, 0.2) is 36.4 Å². The van der Waals surface area contributed by atoms with Gasteiger partial charge in [-0.2, -0.15) is 5.10 Å². The molecule has 112 valence electrons. The lowest BCUT2D eigenvalue weighted by Crippen LogP contribution is -2.25. The number of amides is 1. The van der Waals surface area contributed by atoms with Gasteiger partial charge in [0.25, 0.3) is 12.3 Å². The fourth-order valence-electron chi connectivity index (χ4n) is 1.75. The van der Waals surface area contributed by atoms with E-state index < -0.39 is 6.41 Å². The monoisotopic (exact) mass is 290 g/mol. The number of hydrogen-bond acceptors (Lipinski definition) is 5. The molecule has 0 aliphatic carbocycles. The summed E-state index contributed by atoms with van der Waals surface area (Å²) in [5.74, 6) is 0.709. The number of hydrogen-bond donors (Lipinski definition) is 2. The molecule has 0 saturated heterocycles. The molecule has 0 bridgehead atoms. The molecule has 0 aliphatic rings. The van der Waals surface area contributed by atoms with Crippen molar-refractivity contribution >= 4 is 11.7 Å². The van der Waals surface area contributed by atoms with Crippen molar-refractivity contribution in [1.82, 2.24) is 14.7 Å². The summed E-state index contributed by atoms with van der Waals surface area (Å²) in [7, 11) is 4.98. The minimum absolute atomic E-state index is 0.170. The van der Waals surface area contributed by atoms with Gasteiger partial charge >= 0.3 is 0 Å². The third-order valence-corrected chi connectivity index (χ3v) is 2.77. The number of carbonyl (C=O) groups excluding carboxylic acids is 1. The lowest BCUT2D eigenvalue weighted by atomic mass is 10.3. The van der Waals surface area contributed by atoms with Crippen LogP contribution in [0.1, 0.15) is 10.5 Å². The number of para-hydroxylation sites is 1. The van der Waals surface area contributed by atoms with E-state index in [1.807, 2.05) is 6.07 Å². The minimum Gasteiger partial charge on any atom is -0.447 e. The van der Waals surface area contributed by atoms with Crippen LogP contribution in [0.2, 0.25) is 0 Å². The van der Waals surface area contributed by atoms with Gasteiger partial charge in [-0.25, -0.2) is 0 Å². The zero-order valence-electron chi connectivity index (χ0n) is 12.1. The number of aliphatic hydroxyl groups is 1. The molecule has 2 N–H and O–H groups in total. The molecule has 0 fully saturated rings. The molecular formula is C14H18N4O3. The average molecular weight is 290 g/mol. The lowest BCUT2D eigenvalue weighted by Gasteiger charge is -2.13. The Hall–Kier alpha value is -2.54. The molecule has 1 atom stereocenters. The molecule has 1 aromatic heterocycles. The number of nitrogens with zero attached hydrogens (tertiary/aromatic N) is 3. The molecular weight excluding hydrogens is 272 g/mol. The first-order valence-electron chi connectivity index (χ1n) is 6.39. The van der Waals surface area contributed by atoms with Gasteiger partial charge < -0.3 is 20.1 Å². The van der Waals surface area contributed by atoms with Crippen molar-refractivity contribution in [3.05, 3.63) is 42.1 Å². The standard InChI is InChI=1S/C14H18N4O3/c1-17(2)13(19)11-9-12(16-18(11)3)15-14(20)21-10-7-5-4-6-8-10/h4-9,14,20H,1-3H3,(H,15,16). The molecule has 7 nitrogen and oxygen atoms in total. The fourth-order valence-corrected chi connectivity index (χ4v) is 1.75. The molecule has 2 rings (SSSR count). The van der Waals surface area contributed by atoms with Crippen LogP contribution < -0.4 is 10.1 Å². The summed E-state index contributed by atoms with van der Waals surface area (Å²) in [6.07, 6.45) is -1.26. The van der Waals surface area contributed by atoms with Crippen molar-refractivity contribution in [1.29, 1.82) is 0 Å². The summed E-state index contributed by atoms with van der Waals surface area (Å²) in [5.41, 5.74) is 0.411. The number of nitrogens with one attached hydrogen (secondary N) is 1. The van der Waals surface area contributed by atoms with E-state index >= 15 is 0 Å². The second-order valence-electron chi connectivity index (χ2n) is 4.67. The van der Waals surface area contributed by atoms with E-state index in [0.717, 1.165) is 0 Å². The van der Waals surface area contributed by atoms with Gasteiger partial charge in [0, 0.05) is 27.2 Å². The fraction of sp³-hybridized carbons (Fsp3) is 0.286. The predicted octanol–water partition coefficient (Wildman–Crippen LogP) is 0.889. The van der Waals surface area contributed by atoms with E-state index in [0.29, 0.717) is 17.3 Å². The Morgan fingerprint density at radius 2 is 2.05 bits per heavy atom. The van der Waals surface area contributed by atoms with E-state index in [4.69, 9.17) is 4.74 Å². The normalized spacial score (nSPS) is 11.8.